The fourth-order valence-electron chi connectivity index (χ4n) is 2.70. The molecule has 1 aliphatic heterocycles. The van der Waals surface area contributed by atoms with E-state index in [1.807, 2.05) is 30.3 Å². The molecule has 2 aromatic carbocycles. The van der Waals surface area contributed by atoms with E-state index in [0.717, 1.165) is 5.56 Å². The van der Waals surface area contributed by atoms with Crippen molar-refractivity contribution in [3.8, 4) is 17.1 Å². The first kappa shape index (κ1) is 16.8. The van der Waals surface area contributed by atoms with Crippen molar-refractivity contribution in [3.63, 3.8) is 0 Å². The second-order valence-corrected chi connectivity index (χ2v) is 6.02. The Morgan fingerprint density at radius 2 is 2.04 bits per heavy atom. The number of carbonyl (C=O) groups is 2. The fourth-order valence-corrected chi connectivity index (χ4v) is 2.70. The zero-order chi connectivity index (χ0) is 18.8. The molecular weight excluding hydrogens is 348 g/mol. The quantitative estimate of drug-likeness (QED) is 0.761. The SMILES string of the molecule is CN1C(=O)COc2cc(-c3noc(C(=O)NCc4ccccc4)n3)ccc21. The zero-order valence-electron chi connectivity index (χ0n) is 14.5. The molecule has 0 spiro atoms. The van der Waals surface area contributed by atoms with E-state index in [1.54, 1.807) is 25.2 Å². The van der Waals surface area contributed by atoms with Gasteiger partial charge in [-0.15, -0.1) is 0 Å². The van der Waals surface area contributed by atoms with Crippen LogP contribution in [0.25, 0.3) is 11.4 Å². The van der Waals surface area contributed by atoms with Gasteiger partial charge in [-0.3, -0.25) is 9.59 Å². The lowest BCUT2D eigenvalue weighted by Crippen LogP contribution is -2.35. The topological polar surface area (TPSA) is 97.6 Å². The van der Waals surface area contributed by atoms with E-state index in [1.165, 1.54) is 4.90 Å². The van der Waals surface area contributed by atoms with Gasteiger partial charge in [-0.1, -0.05) is 35.5 Å². The minimum Gasteiger partial charge on any atom is -0.482 e. The molecule has 1 aromatic heterocycles. The summed E-state index contributed by atoms with van der Waals surface area (Å²) in [4.78, 5) is 29.5. The number of nitrogens with one attached hydrogen (secondary N) is 1. The summed E-state index contributed by atoms with van der Waals surface area (Å²) < 4.78 is 10.5. The van der Waals surface area contributed by atoms with E-state index < -0.39 is 5.91 Å². The molecule has 2 amide bonds. The maximum atomic E-state index is 12.2. The number of anilines is 1. The highest BCUT2D eigenvalue weighted by Gasteiger charge is 2.23. The lowest BCUT2D eigenvalue weighted by atomic mass is 10.1. The zero-order valence-corrected chi connectivity index (χ0v) is 14.5. The Kier molecular flexibility index (Phi) is 4.29. The standard InChI is InChI=1S/C19H16N4O4/c1-23-14-8-7-13(9-15(14)26-11-16(23)24)17-21-19(27-22-17)18(25)20-10-12-5-3-2-4-6-12/h2-9H,10-11H2,1H3,(H,20,25). The van der Waals surface area contributed by atoms with Gasteiger partial charge in [-0.2, -0.15) is 4.98 Å². The molecule has 1 N–H and O–H groups in total. The number of benzene rings is 2. The number of ether oxygens (including phenoxy) is 1. The van der Waals surface area contributed by atoms with Crippen LogP contribution in [0, 0.1) is 0 Å². The Morgan fingerprint density at radius 3 is 2.85 bits per heavy atom. The summed E-state index contributed by atoms with van der Waals surface area (Å²) in [7, 11) is 1.69. The molecule has 0 atom stereocenters. The molecule has 0 radical (unpaired) electrons. The molecule has 4 rings (SSSR count). The summed E-state index contributed by atoms with van der Waals surface area (Å²) in [6, 6.07) is 14.7. The van der Waals surface area contributed by atoms with Crippen molar-refractivity contribution in [1.82, 2.24) is 15.5 Å². The first-order valence-electron chi connectivity index (χ1n) is 8.31. The van der Waals surface area contributed by atoms with Crippen molar-refractivity contribution in [1.29, 1.82) is 0 Å². The van der Waals surface area contributed by atoms with Gasteiger partial charge in [0.05, 0.1) is 5.69 Å². The molecule has 1 aliphatic rings. The van der Waals surface area contributed by atoms with Crippen molar-refractivity contribution < 1.29 is 18.8 Å². The smallest absolute Gasteiger partial charge is 0.316 e. The van der Waals surface area contributed by atoms with Crippen molar-refractivity contribution in [2.24, 2.45) is 0 Å². The van der Waals surface area contributed by atoms with Gasteiger partial charge in [0, 0.05) is 19.2 Å². The number of likely N-dealkylation sites (N-methyl/N-ethyl adjacent to an activating group) is 1. The van der Waals surface area contributed by atoms with Gasteiger partial charge in [0.15, 0.2) is 6.61 Å². The average Bonchev–Trinajstić information content (AvgIpc) is 3.20. The summed E-state index contributed by atoms with van der Waals surface area (Å²) in [5.41, 5.74) is 2.26. The molecule has 27 heavy (non-hydrogen) atoms. The van der Waals surface area contributed by atoms with Crippen LogP contribution in [0.2, 0.25) is 0 Å². The number of rotatable bonds is 4. The Hall–Kier alpha value is -3.68. The van der Waals surface area contributed by atoms with Crippen LogP contribution in [0.4, 0.5) is 5.69 Å². The van der Waals surface area contributed by atoms with Crippen LogP contribution in [0.5, 0.6) is 5.75 Å². The van der Waals surface area contributed by atoms with Crippen molar-refractivity contribution in [3.05, 3.63) is 60.0 Å². The fraction of sp³-hybridized carbons (Fsp3) is 0.158. The Morgan fingerprint density at radius 1 is 1.22 bits per heavy atom. The van der Waals surface area contributed by atoms with E-state index in [4.69, 9.17) is 9.26 Å². The number of hydrogen-bond donors (Lipinski definition) is 1. The highest BCUT2D eigenvalue weighted by atomic mass is 16.5. The van der Waals surface area contributed by atoms with E-state index in [2.05, 4.69) is 15.5 Å². The van der Waals surface area contributed by atoms with Gasteiger partial charge in [-0.25, -0.2) is 0 Å². The third-order valence-electron chi connectivity index (χ3n) is 4.22. The summed E-state index contributed by atoms with van der Waals surface area (Å²) in [5, 5.41) is 6.60. The molecule has 0 saturated carbocycles. The van der Waals surface area contributed by atoms with Gasteiger partial charge < -0.3 is 19.5 Å². The average molecular weight is 364 g/mol. The summed E-state index contributed by atoms with van der Waals surface area (Å²) >= 11 is 0. The summed E-state index contributed by atoms with van der Waals surface area (Å²) in [6.45, 7) is 0.344. The second kappa shape index (κ2) is 6.91. The molecule has 2 heterocycles. The van der Waals surface area contributed by atoms with E-state index in [9.17, 15) is 9.59 Å². The number of carbonyl (C=O) groups excluding carboxylic acids is 2. The monoisotopic (exact) mass is 364 g/mol. The normalized spacial score (nSPS) is 13.1. The number of nitrogens with zero attached hydrogens (tertiary/aromatic N) is 3. The van der Waals surface area contributed by atoms with Crippen LogP contribution >= 0.6 is 0 Å². The predicted octanol–water partition coefficient (Wildman–Crippen LogP) is 2.02. The lowest BCUT2D eigenvalue weighted by Gasteiger charge is -2.25. The second-order valence-electron chi connectivity index (χ2n) is 6.02. The van der Waals surface area contributed by atoms with Crippen LogP contribution in [-0.2, 0) is 11.3 Å². The van der Waals surface area contributed by atoms with Gasteiger partial charge in [0.25, 0.3) is 5.91 Å². The molecule has 3 aromatic rings. The van der Waals surface area contributed by atoms with Crippen LogP contribution in [0.1, 0.15) is 16.2 Å². The number of fused-ring (bicyclic) bond motifs is 1. The van der Waals surface area contributed by atoms with E-state index >= 15 is 0 Å². The Labute approximate surface area is 154 Å². The molecule has 8 nitrogen and oxygen atoms in total. The Balaban J connectivity index is 1.49. The third kappa shape index (κ3) is 3.37. The van der Waals surface area contributed by atoms with E-state index in [-0.39, 0.29) is 24.2 Å². The molecule has 0 unspecified atom stereocenters. The van der Waals surface area contributed by atoms with Gasteiger partial charge >= 0.3 is 11.8 Å². The minimum atomic E-state index is -0.447. The summed E-state index contributed by atoms with van der Waals surface area (Å²) in [5.74, 6) is 0.136. The maximum Gasteiger partial charge on any atom is 0.316 e. The highest BCUT2D eigenvalue weighted by molar-refractivity contribution is 5.97. The molecular formula is C19H16N4O4. The van der Waals surface area contributed by atoms with E-state index in [0.29, 0.717) is 23.5 Å². The van der Waals surface area contributed by atoms with Gasteiger partial charge in [-0.05, 0) is 23.8 Å². The van der Waals surface area contributed by atoms with Crippen molar-refractivity contribution >= 4 is 17.5 Å². The van der Waals surface area contributed by atoms with Crippen LogP contribution in [-0.4, -0.2) is 35.6 Å². The number of amides is 2. The molecule has 0 aliphatic carbocycles. The highest BCUT2D eigenvalue weighted by Crippen LogP contribution is 2.34. The predicted molar refractivity (Wildman–Crippen MR) is 96.3 cm³/mol. The first-order chi connectivity index (χ1) is 13.1. The molecule has 0 bridgehead atoms. The van der Waals surface area contributed by atoms with Crippen molar-refractivity contribution in [2.75, 3.05) is 18.6 Å². The molecule has 136 valence electrons. The van der Waals surface area contributed by atoms with Crippen LogP contribution in [0.3, 0.4) is 0 Å². The van der Waals surface area contributed by atoms with Gasteiger partial charge in [0.2, 0.25) is 5.82 Å². The Bertz CT molecular complexity index is 1000. The maximum absolute atomic E-state index is 12.2. The largest absolute Gasteiger partial charge is 0.482 e. The van der Waals surface area contributed by atoms with Crippen LogP contribution in [0.15, 0.2) is 53.1 Å². The molecule has 0 fully saturated rings. The number of aromatic nitrogens is 2. The third-order valence-corrected chi connectivity index (χ3v) is 4.22. The molecule has 0 saturated heterocycles. The lowest BCUT2D eigenvalue weighted by molar-refractivity contribution is -0.120. The van der Waals surface area contributed by atoms with Gasteiger partial charge in [0.1, 0.15) is 5.75 Å². The first-order valence-corrected chi connectivity index (χ1v) is 8.31. The number of hydrogen-bond acceptors (Lipinski definition) is 6. The summed E-state index contributed by atoms with van der Waals surface area (Å²) in [6.07, 6.45) is 0. The van der Waals surface area contributed by atoms with Crippen molar-refractivity contribution in [2.45, 2.75) is 6.54 Å². The minimum absolute atomic E-state index is 0.0215. The van der Waals surface area contributed by atoms with Crippen LogP contribution < -0.4 is 15.0 Å². The molecule has 8 heteroatoms.